The molecule has 2 heterocycles. The van der Waals surface area contributed by atoms with Crippen LogP contribution >= 0.6 is 0 Å². The summed E-state index contributed by atoms with van der Waals surface area (Å²) in [5.41, 5.74) is 1.85. The Morgan fingerprint density at radius 2 is 2.10 bits per heavy atom. The van der Waals surface area contributed by atoms with Gasteiger partial charge in [-0.1, -0.05) is 24.3 Å². The first-order valence-electron chi connectivity index (χ1n) is 7.26. The van der Waals surface area contributed by atoms with Crippen LogP contribution in [0, 0.1) is 6.92 Å². The number of aryl methyl sites for hydroxylation is 1. The fourth-order valence-corrected chi connectivity index (χ4v) is 3.25. The van der Waals surface area contributed by atoms with Gasteiger partial charge in [0.05, 0.1) is 6.54 Å². The van der Waals surface area contributed by atoms with Crippen LogP contribution in [0.15, 0.2) is 24.3 Å². The van der Waals surface area contributed by atoms with Crippen molar-refractivity contribution < 1.29 is 9.59 Å². The highest BCUT2D eigenvalue weighted by molar-refractivity contribution is 5.98. The van der Waals surface area contributed by atoms with E-state index < -0.39 is 0 Å². The van der Waals surface area contributed by atoms with Crippen molar-refractivity contribution in [3.05, 3.63) is 35.4 Å². The van der Waals surface area contributed by atoms with Gasteiger partial charge in [-0.15, -0.1) is 0 Å². The molecular weight excluding hydrogens is 252 g/mol. The molecule has 1 amide bonds. The van der Waals surface area contributed by atoms with Crippen LogP contribution < -0.4 is 0 Å². The number of hydrogen-bond donors (Lipinski definition) is 0. The van der Waals surface area contributed by atoms with E-state index >= 15 is 0 Å². The number of fused-ring (bicyclic) bond motifs is 1. The van der Waals surface area contributed by atoms with E-state index in [2.05, 4.69) is 4.90 Å². The third-order valence-electron chi connectivity index (χ3n) is 4.39. The van der Waals surface area contributed by atoms with E-state index in [1.54, 1.807) is 0 Å². The Morgan fingerprint density at radius 1 is 1.30 bits per heavy atom. The molecule has 2 aliphatic heterocycles. The lowest BCUT2D eigenvalue weighted by Gasteiger charge is -2.37. The van der Waals surface area contributed by atoms with Gasteiger partial charge >= 0.3 is 0 Å². The molecule has 0 radical (unpaired) electrons. The summed E-state index contributed by atoms with van der Waals surface area (Å²) in [6, 6.07) is 8.05. The molecule has 0 bridgehead atoms. The van der Waals surface area contributed by atoms with E-state index in [1.165, 1.54) is 0 Å². The van der Waals surface area contributed by atoms with E-state index in [0.29, 0.717) is 19.0 Å². The van der Waals surface area contributed by atoms with Gasteiger partial charge in [-0.3, -0.25) is 14.5 Å². The van der Waals surface area contributed by atoms with Gasteiger partial charge in [0.1, 0.15) is 0 Å². The molecule has 106 valence electrons. The molecule has 2 fully saturated rings. The van der Waals surface area contributed by atoms with Crippen molar-refractivity contribution in [1.82, 2.24) is 9.80 Å². The van der Waals surface area contributed by atoms with Crippen LogP contribution in [0.25, 0.3) is 0 Å². The molecule has 4 nitrogen and oxygen atoms in total. The van der Waals surface area contributed by atoms with Gasteiger partial charge in [-0.05, 0) is 18.9 Å². The lowest BCUT2D eigenvalue weighted by molar-refractivity contribution is -0.130. The highest BCUT2D eigenvalue weighted by Gasteiger charge is 2.35. The Kier molecular flexibility index (Phi) is 3.57. The molecule has 0 aliphatic carbocycles. The minimum Gasteiger partial charge on any atom is -0.337 e. The zero-order valence-corrected chi connectivity index (χ0v) is 11.8. The quantitative estimate of drug-likeness (QED) is 0.783. The third kappa shape index (κ3) is 2.48. The third-order valence-corrected chi connectivity index (χ3v) is 4.39. The lowest BCUT2D eigenvalue weighted by atomic mass is 10.0. The molecule has 0 saturated carbocycles. The number of Topliss-reactive ketones (excluding diaryl/α,β-unsaturated/α-hetero) is 1. The second-order valence-electron chi connectivity index (χ2n) is 5.75. The molecule has 3 rings (SSSR count). The van der Waals surface area contributed by atoms with Gasteiger partial charge in [0.15, 0.2) is 5.78 Å². The van der Waals surface area contributed by atoms with Crippen molar-refractivity contribution in [1.29, 1.82) is 0 Å². The van der Waals surface area contributed by atoms with E-state index in [4.69, 9.17) is 0 Å². The number of carbonyl (C=O) groups is 2. The van der Waals surface area contributed by atoms with Crippen molar-refractivity contribution >= 4 is 11.7 Å². The molecule has 2 aliphatic rings. The van der Waals surface area contributed by atoms with Gasteiger partial charge in [0, 0.05) is 37.7 Å². The number of piperazine rings is 1. The molecule has 0 spiro atoms. The Labute approximate surface area is 119 Å². The standard InChI is InChI=1S/C16H20N2O2/c1-12-4-2-3-5-14(12)15(19)11-17-8-9-18-13(10-17)6-7-16(18)20/h2-5,13H,6-11H2,1H3. The van der Waals surface area contributed by atoms with Crippen LogP contribution in [0.5, 0.6) is 0 Å². The molecule has 0 N–H and O–H groups in total. The smallest absolute Gasteiger partial charge is 0.222 e. The van der Waals surface area contributed by atoms with E-state index in [9.17, 15) is 9.59 Å². The number of hydrogen-bond acceptors (Lipinski definition) is 3. The topological polar surface area (TPSA) is 40.6 Å². The maximum atomic E-state index is 12.4. The van der Waals surface area contributed by atoms with Crippen LogP contribution in [0.3, 0.4) is 0 Å². The molecule has 2 saturated heterocycles. The largest absolute Gasteiger partial charge is 0.337 e. The number of ketones is 1. The first kappa shape index (κ1) is 13.3. The average Bonchev–Trinajstić information content (AvgIpc) is 2.80. The second-order valence-corrected chi connectivity index (χ2v) is 5.75. The Balaban J connectivity index is 1.63. The Hall–Kier alpha value is -1.68. The van der Waals surface area contributed by atoms with Gasteiger partial charge in [-0.25, -0.2) is 0 Å². The SMILES string of the molecule is Cc1ccccc1C(=O)CN1CCN2C(=O)CCC2C1. The zero-order chi connectivity index (χ0) is 14.1. The Morgan fingerprint density at radius 3 is 2.90 bits per heavy atom. The summed E-state index contributed by atoms with van der Waals surface area (Å²) in [4.78, 5) is 28.2. The van der Waals surface area contributed by atoms with Crippen molar-refractivity contribution in [2.75, 3.05) is 26.2 Å². The minimum absolute atomic E-state index is 0.181. The summed E-state index contributed by atoms with van der Waals surface area (Å²) >= 11 is 0. The van der Waals surface area contributed by atoms with Crippen LogP contribution in [0.1, 0.15) is 28.8 Å². The number of rotatable bonds is 3. The van der Waals surface area contributed by atoms with Crippen LogP contribution in [-0.2, 0) is 4.79 Å². The van der Waals surface area contributed by atoms with E-state index in [1.807, 2.05) is 36.1 Å². The number of amides is 1. The summed E-state index contributed by atoms with van der Waals surface area (Å²) in [7, 11) is 0. The Bertz CT molecular complexity index is 541. The molecular formula is C16H20N2O2. The normalized spacial score (nSPS) is 22.9. The zero-order valence-electron chi connectivity index (χ0n) is 11.8. The summed E-state index contributed by atoms with van der Waals surface area (Å²) in [5, 5.41) is 0. The molecule has 1 aromatic carbocycles. The lowest BCUT2D eigenvalue weighted by Crippen LogP contribution is -2.52. The van der Waals surface area contributed by atoms with Gasteiger partial charge in [-0.2, -0.15) is 0 Å². The van der Waals surface area contributed by atoms with Crippen LogP contribution in [0.4, 0.5) is 0 Å². The first-order valence-corrected chi connectivity index (χ1v) is 7.26. The maximum absolute atomic E-state index is 12.4. The van der Waals surface area contributed by atoms with Gasteiger partial charge < -0.3 is 4.90 Å². The monoisotopic (exact) mass is 272 g/mol. The summed E-state index contributed by atoms with van der Waals surface area (Å²) in [6.07, 6.45) is 1.61. The predicted octanol–water partition coefficient (Wildman–Crippen LogP) is 1.48. The van der Waals surface area contributed by atoms with Crippen LogP contribution in [0.2, 0.25) is 0 Å². The van der Waals surface area contributed by atoms with Crippen molar-refractivity contribution in [3.63, 3.8) is 0 Å². The van der Waals surface area contributed by atoms with E-state index in [0.717, 1.165) is 37.2 Å². The van der Waals surface area contributed by atoms with E-state index in [-0.39, 0.29) is 11.7 Å². The minimum atomic E-state index is 0.181. The fourth-order valence-electron chi connectivity index (χ4n) is 3.25. The molecule has 1 aromatic rings. The average molecular weight is 272 g/mol. The number of nitrogens with zero attached hydrogens (tertiary/aromatic N) is 2. The first-order chi connectivity index (χ1) is 9.65. The van der Waals surface area contributed by atoms with Crippen molar-refractivity contribution in [2.45, 2.75) is 25.8 Å². The van der Waals surface area contributed by atoms with Crippen molar-refractivity contribution in [2.24, 2.45) is 0 Å². The highest BCUT2D eigenvalue weighted by atomic mass is 16.2. The molecule has 1 unspecified atom stereocenters. The second kappa shape index (κ2) is 5.37. The molecule has 20 heavy (non-hydrogen) atoms. The van der Waals surface area contributed by atoms with Gasteiger partial charge in [0.25, 0.3) is 0 Å². The summed E-state index contributed by atoms with van der Waals surface area (Å²) in [6.45, 7) is 4.85. The maximum Gasteiger partial charge on any atom is 0.222 e. The fraction of sp³-hybridized carbons (Fsp3) is 0.500. The predicted molar refractivity (Wildman–Crippen MR) is 76.7 cm³/mol. The summed E-state index contributed by atoms with van der Waals surface area (Å²) < 4.78 is 0. The van der Waals surface area contributed by atoms with Gasteiger partial charge in [0.2, 0.25) is 5.91 Å². The number of benzene rings is 1. The molecule has 1 atom stereocenters. The highest BCUT2D eigenvalue weighted by Crippen LogP contribution is 2.23. The molecule has 0 aromatic heterocycles. The van der Waals surface area contributed by atoms with Crippen molar-refractivity contribution in [3.8, 4) is 0 Å². The number of carbonyl (C=O) groups excluding carboxylic acids is 2. The molecule has 4 heteroatoms. The van der Waals surface area contributed by atoms with Crippen LogP contribution in [-0.4, -0.2) is 53.7 Å². The summed E-state index contributed by atoms with van der Waals surface area (Å²) in [5.74, 6) is 0.459.